The fraction of sp³-hybridized carbons (Fsp3) is 0.231. The highest BCUT2D eigenvalue weighted by molar-refractivity contribution is 14.1. The van der Waals surface area contributed by atoms with Crippen LogP contribution in [-0.2, 0) is 6.42 Å². The number of alkyl halides is 1. The minimum atomic E-state index is 0.0466. The van der Waals surface area contributed by atoms with Crippen molar-refractivity contribution in [1.82, 2.24) is 9.97 Å². The third-order valence-electron chi connectivity index (χ3n) is 3.07. The Morgan fingerprint density at radius 2 is 1.94 bits per heavy atom. The first-order chi connectivity index (χ1) is 8.74. The second-order valence-electron chi connectivity index (χ2n) is 4.27. The van der Waals surface area contributed by atoms with Crippen LogP contribution in [0.2, 0.25) is 0 Å². The van der Waals surface area contributed by atoms with Gasteiger partial charge in [-0.3, -0.25) is 0 Å². The van der Waals surface area contributed by atoms with E-state index >= 15 is 0 Å². The molecule has 92 valence electrons. The van der Waals surface area contributed by atoms with Gasteiger partial charge in [-0.2, -0.15) is 0 Å². The van der Waals surface area contributed by atoms with E-state index < -0.39 is 0 Å². The summed E-state index contributed by atoms with van der Waals surface area (Å²) in [6.07, 6.45) is 4.47. The molecule has 0 saturated heterocycles. The van der Waals surface area contributed by atoms with Crippen molar-refractivity contribution < 1.29 is 0 Å². The van der Waals surface area contributed by atoms with E-state index in [-0.39, 0.29) is 11.4 Å². The van der Waals surface area contributed by atoms with Gasteiger partial charge in [0.15, 0.2) is 0 Å². The molecule has 2 aromatic rings. The molecule has 3 rings (SSSR count). The van der Waals surface area contributed by atoms with Crippen LogP contribution in [0.3, 0.4) is 0 Å². The molecule has 0 radical (unpaired) electrons. The maximum atomic E-state index is 6.41. The molecule has 18 heavy (non-hydrogen) atoms. The summed E-state index contributed by atoms with van der Waals surface area (Å²) in [5.74, 6) is 0.628. The Hall–Kier alpha value is -0.880. The summed E-state index contributed by atoms with van der Waals surface area (Å²) in [7, 11) is 0. The molecule has 0 bridgehead atoms. The van der Waals surface area contributed by atoms with E-state index in [0.29, 0.717) is 5.95 Å². The Kier molecular flexibility index (Phi) is 3.39. The first-order valence-corrected chi connectivity index (χ1v) is 7.21. The van der Waals surface area contributed by atoms with E-state index in [0.717, 1.165) is 9.99 Å². The lowest BCUT2D eigenvalue weighted by Crippen LogP contribution is -2.18. The summed E-state index contributed by atoms with van der Waals surface area (Å²) in [5, 5.41) is 3.36. The second-order valence-corrected chi connectivity index (χ2v) is 6.07. The van der Waals surface area contributed by atoms with Gasteiger partial charge < -0.3 is 5.32 Å². The molecule has 2 unspecified atom stereocenters. The van der Waals surface area contributed by atoms with Crippen molar-refractivity contribution >= 4 is 40.1 Å². The van der Waals surface area contributed by atoms with Gasteiger partial charge in [-0.05, 0) is 40.1 Å². The van der Waals surface area contributed by atoms with Crippen molar-refractivity contribution in [2.45, 2.75) is 17.8 Å². The van der Waals surface area contributed by atoms with Gasteiger partial charge in [0.25, 0.3) is 0 Å². The molecule has 1 aliphatic carbocycles. The van der Waals surface area contributed by atoms with Crippen LogP contribution in [0.4, 0.5) is 5.95 Å². The predicted molar refractivity (Wildman–Crippen MR) is 80.9 cm³/mol. The molecular weight excluding hydrogens is 361 g/mol. The van der Waals surface area contributed by atoms with Crippen LogP contribution in [0.25, 0.3) is 0 Å². The average Bonchev–Trinajstić information content (AvgIpc) is 2.69. The largest absolute Gasteiger partial charge is 0.346 e. The molecule has 0 amide bonds. The van der Waals surface area contributed by atoms with Crippen molar-refractivity contribution in [2.75, 3.05) is 5.32 Å². The molecular formula is C13H11ClIN3. The minimum Gasteiger partial charge on any atom is -0.346 e. The molecule has 5 heteroatoms. The van der Waals surface area contributed by atoms with Crippen LogP contribution >= 0.6 is 34.2 Å². The van der Waals surface area contributed by atoms with Crippen LogP contribution in [0.1, 0.15) is 17.2 Å². The fourth-order valence-electron chi connectivity index (χ4n) is 2.24. The van der Waals surface area contributed by atoms with E-state index in [1.165, 1.54) is 11.1 Å². The van der Waals surface area contributed by atoms with E-state index in [4.69, 9.17) is 11.6 Å². The van der Waals surface area contributed by atoms with Gasteiger partial charge in [-0.25, -0.2) is 9.97 Å². The van der Waals surface area contributed by atoms with Crippen LogP contribution in [0, 0.1) is 3.57 Å². The molecule has 3 nitrogen and oxygen atoms in total. The topological polar surface area (TPSA) is 37.8 Å². The van der Waals surface area contributed by atoms with Crippen molar-refractivity contribution in [3.05, 3.63) is 51.4 Å². The number of aromatic nitrogens is 2. The normalized spacial score (nSPS) is 21.7. The molecule has 1 aromatic carbocycles. The molecule has 0 fully saturated rings. The lowest BCUT2D eigenvalue weighted by atomic mass is 10.1. The first kappa shape index (κ1) is 12.2. The summed E-state index contributed by atoms with van der Waals surface area (Å²) in [4.78, 5) is 8.52. The molecule has 1 aromatic heterocycles. The highest BCUT2D eigenvalue weighted by Gasteiger charge is 2.31. The number of hydrogen-bond acceptors (Lipinski definition) is 3. The Balaban J connectivity index is 1.87. The highest BCUT2D eigenvalue weighted by Crippen LogP contribution is 2.36. The number of nitrogens with zero attached hydrogens (tertiary/aromatic N) is 2. The molecule has 0 aliphatic heterocycles. The molecule has 1 N–H and O–H groups in total. The van der Waals surface area contributed by atoms with E-state index in [9.17, 15) is 0 Å². The fourth-order valence-corrected chi connectivity index (χ4v) is 2.88. The molecule has 2 atom stereocenters. The smallest absolute Gasteiger partial charge is 0.223 e. The first-order valence-electron chi connectivity index (χ1n) is 5.70. The highest BCUT2D eigenvalue weighted by atomic mass is 127. The van der Waals surface area contributed by atoms with Gasteiger partial charge in [-0.1, -0.05) is 24.3 Å². The zero-order chi connectivity index (χ0) is 12.5. The number of fused-ring (bicyclic) bond motifs is 1. The molecule has 1 aliphatic rings. The van der Waals surface area contributed by atoms with Gasteiger partial charge >= 0.3 is 0 Å². The number of hydrogen-bond donors (Lipinski definition) is 1. The molecule has 1 heterocycles. The summed E-state index contributed by atoms with van der Waals surface area (Å²) in [5.41, 5.74) is 2.56. The zero-order valence-corrected chi connectivity index (χ0v) is 12.4. The standard InChI is InChI=1S/C13H11ClIN3/c14-11-5-8-3-1-2-4-10(8)12(11)18-13-16-6-9(15)7-17-13/h1-4,6-7,11-12H,5H2,(H,16,17,18). The zero-order valence-electron chi connectivity index (χ0n) is 9.48. The lowest BCUT2D eigenvalue weighted by molar-refractivity contribution is 0.760. The number of rotatable bonds is 2. The number of halogens is 2. The summed E-state index contributed by atoms with van der Waals surface area (Å²) in [6.45, 7) is 0. The molecule has 0 saturated carbocycles. The van der Waals surface area contributed by atoms with Gasteiger partial charge in [0.05, 0.1) is 11.4 Å². The van der Waals surface area contributed by atoms with Crippen molar-refractivity contribution in [1.29, 1.82) is 0 Å². The SMILES string of the molecule is ClC1Cc2ccccc2C1Nc1ncc(I)cn1. The Morgan fingerprint density at radius 3 is 2.72 bits per heavy atom. The van der Waals surface area contributed by atoms with Gasteiger partial charge in [0, 0.05) is 16.0 Å². The van der Waals surface area contributed by atoms with Gasteiger partial charge in [-0.15, -0.1) is 11.6 Å². The van der Waals surface area contributed by atoms with Crippen LogP contribution in [0.5, 0.6) is 0 Å². The van der Waals surface area contributed by atoms with E-state index in [1.54, 1.807) is 12.4 Å². The van der Waals surface area contributed by atoms with E-state index in [1.807, 2.05) is 12.1 Å². The summed E-state index contributed by atoms with van der Waals surface area (Å²) >= 11 is 8.59. The van der Waals surface area contributed by atoms with Crippen molar-refractivity contribution in [2.24, 2.45) is 0 Å². The third kappa shape index (κ3) is 2.31. The second kappa shape index (κ2) is 5.01. The Labute approximate surface area is 124 Å². The lowest BCUT2D eigenvalue weighted by Gasteiger charge is -2.17. The van der Waals surface area contributed by atoms with E-state index in [2.05, 4.69) is 50.0 Å². The van der Waals surface area contributed by atoms with Crippen LogP contribution in [0.15, 0.2) is 36.7 Å². The Morgan fingerprint density at radius 1 is 1.22 bits per heavy atom. The van der Waals surface area contributed by atoms with Crippen molar-refractivity contribution in [3.8, 4) is 0 Å². The maximum Gasteiger partial charge on any atom is 0.223 e. The quantitative estimate of drug-likeness (QED) is 0.649. The number of nitrogens with one attached hydrogen (secondary N) is 1. The van der Waals surface area contributed by atoms with Gasteiger partial charge in [0.1, 0.15) is 0 Å². The summed E-state index contributed by atoms with van der Waals surface area (Å²) in [6, 6.07) is 8.41. The van der Waals surface area contributed by atoms with Crippen LogP contribution < -0.4 is 5.32 Å². The minimum absolute atomic E-state index is 0.0466. The average molecular weight is 372 g/mol. The number of benzene rings is 1. The van der Waals surface area contributed by atoms with Gasteiger partial charge in [0.2, 0.25) is 5.95 Å². The maximum absolute atomic E-state index is 6.41. The summed E-state index contributed by atoms with van der Waals surface area (Å²) < 4.78 is 1.02. The van der Waals surface area contributed by atoms with Crippen LogP contribution in [-0.4, -0.2) is 15.3 Å². The Bertz CT molecular complexity index is 558. The predicted octanol–water partition coefficient (Wildman–Crippen LogP) is 3.40. The third-order valence-corrected chi connectivity index (χ3v) is 4.04. The van der Waals surface area contributed by atoms with Crippen molar-refractivity contribution in [3.63, 3.8) is 0 Å². The molecule has 0 spiro atoms. The number of anilines is 1. The monoisotopic (exact) mass is 371 g/mol.